The fraction of sp³-hybridized carbons (Fsp3) is 0.929. The van der Waals surface area contributed by atoms with Crippen molar-refractivity contribution in [1.29, 1.82) is 0 Å². The van der Waals surface area contributed by atoms with Crippen LogP contribution in [0.15, 0.2) is 0 Å². The van der Waals surface area contributed by atoms with Gasteiger partial charge in [-0.1, -0.05) is 6.92 Å². The molecule has 0 saturated carbocycles. The van der Waals surface area contributed by atoms with Crippen LogP contribution in [0.25, 0.3) is 0 Å². The third kappa shape index (κ3) is 4.74. The average molecular weight is 323 g/mol. The van der Waals surface area contributed by atoms with Crippen molar-refractivity contribution in [3.63, 3.8) is 0 Å². The zero-order valence-corrected chi connectivity index (χ0v) is 13.1. The minimum atomic E-state index is -4.19. The van der Waals surface area contributed by atoms with Crippen molar-refractivity contribution in [2.75, 3.05) is 39.3 Å². The lowest BCUT2D eigenvalue weighted by Crippen LogP contribution is -2.56. The van der Waals surface area contributed by atoms with Gasteiger partial charge in [-0.05, 0) is 19.8 Å². The van der Waals surface area contributed by atoms with E-state index < -0.39 is 12.7 Å². The largest absolute Gasteiger partial charge is 0.401 e. The Morgan fingerprint density at radius 3 is 2.77 bits per heavy atom. The highest BCUT2D eigenvalue weighted by Crippen LogP contribution is 2.22. The molecule has 22 heavy (non-hydrogen) atoms. The maximum atomic E-state index is 12.4. The van der Waals surface area contributed by atoms with E-state index in [0.717, 1.165) is 6.42 Å². The molecule has 0 aromatic carbocycles. The fourth-order valence-corrected chi connectivity index (χ4v) is 2.93. The zero-order valence-electron chi connectivity index (χ0n) is 13.1. The first-order chi connectivity index (χ1) is 10.2. The van der Waals surface area contributed by atoms with Crippen molar-refractivity contribution in [2.24, 2.45) is 0 Å². The summed E-state index contributed by atoms with van der Waals surface area (Å²) < 4.78 is 42.8. The molecular formula is C14H24F3N3O2. The second kappa shape index (κ2) is 6.62. The van der Waals surface area contributed by atoms with E-state index in [1.54, 1.807) is 4.90 Å². The van der Waals surface area contributed by atoms with Gasteiger partial charge in [-0.15, -0.1) is 0 Å². The van der Waals surface area contributed by atoms with Crippen LogP contribution in [-0.2, 0) is 4.74 Å². The Hall–Kier alpha value is -1.02. The molecule has 2 saturated heterocycles. The second-order valence-electron chi connectivity index (χ2n) is 6.36. The van der Waals surface area contributed by atoms with E-state index in [0.29, 0.717) is 32.7 Å². The van der Waals surface area contributed by atoms with Gasteiger partial charge in [-0.2, -0.15) is 13.2 Å². The van der Waals surface area contributed by atoms with E-state index >= 15 is 0 Å². The van der Waals surface area contributed by atoms with Crippen LogP contribution in [-0.4, -0.2) is 73.0 Å². The Bertz CT molecular complexity index is 405. The first-order valence-electron chi connectivity index (χ1n) is 7.69. The van der Waals surface area contributed by atoms with Crippen LogP contribution in [0.3, 0.4) is 0 Å². The number of likely N-dealkylation sites (tertiary alicyclic amines) is 1. The Morgan fingerprint density at radius 1 is 1.41 bits per heavy atom. The summed E-state index contributed by atoms with van der Waals surface area (Å²) in [5.41, 5.74) is -0.340. The molecule has 2 amide bonds. The molecule has 2 rings (SSSR count). The standard InChI is InChI=1S/C14H24F3N3O2/c1-3-13(2)9-20(6-7-22-13)12(21)18-11-4-5-19(8-11)10-14(15,16)17/h11H,3-10H2,1-2H3,(H,18,21)/t11-,13+/m1/s1. The van der Waals surface area contributed by atoms with E-state index in [2.05, 4.69) is 5.32 Å². The van der Waals surface area contributed by atoms with Gasteiger partial charge in [0.15, 0.2) is 0 Å². The molecule has 128 valence electrons. The molecule has 2 heterocycles. The Balaban J connectivity index is 1.80. The summed E-state index contributed by atoms with van der Waals surface area (Å²) in [6.07, 6.45) is -2.83. The molecule has 5 nitrogen and oxygen atoms in total. The van der Waals surface area contributed by atoms with E-state index in [1.165, 1.54) is 4.90 Å². The second-order valence-corrected chi connectivity index (χ2v) is 6.36. The summed E-state index contributed by atoms with van der Waals surface area (Å²) in [4.78, 5) is 15.3. The minimum absolute atomic E-state index is 0.207. The van der Waals surface area contributed by atoms with Crippen LogP contribution in [0.4, 0.5) is 18.0 Å². The average Bonchev–Trinajstić information content (AvgIpc) is 2.83. The van der Waals surface area contributed by atoms with Crippen LogP contribution in [0.1, 0.15) is 26.7 Å². The molecule has 0 spiro atoms. The first kappa shape index (κ1) is 17.3. The van der Waals surface area contributed by atoms with Crippen molar-refractivity contribution in [2.45, 2.75) is 44.5 Å². The van der Waals surface area contributed by atoms with Crippen molar-refractivity contribution >= 4 is 6.03 Å². The van der Waals surface area contributed by atoms with Gasteiger partial charge in [0.2, 0.25) is 0 Å². The number of ether oxygens (including phenoxy) is 1. The van der Waals surface area contributed by atoms with Gasteiger partial charge in [-0.25, -0.2) is 4.79 Å². The summed E-state index contributed by atoms with van der Waals surface area (Å²) in [6.45, 7) is 5.18. The molecule has 0 unspecified atom stereocenters. The highest BCUT2D eigenvalue weighted by molar-refractivity contribution is 5.74. The molecular weight excluding hydrogens is 299 g/mol. The summed E-state index contributed by atoms with van der Waals surface area (Å²) in [5.74, 6) is 0. The number of carbonyl (C=O) groups is 1. The van der Waals surface area contributed by atoms with Crippen LogP contribution < -0.4 is 5.32 Å². The molecule has 1 N–H and O–H groups in total. The van der Waals surface area contributed by atoms with Gasteiger partial charge in [0, 0.05) is 25.7 Å². The topological polar surface area (TPSA) is 44.8 Å². The highest BCUT2D eigenvalue weighted by atomic mass is 19.4. The van der Waals surface area contributed by atoms with Gasteiger partial charge in [-0.3, -0.25) is 4.90 Å². The number of urea groups is 1. The predicted octanol–water partition coefficient (Wildman–Crippen LogP) is 1.83. The lowest BCUT2D eigenvalue weighted by atomic mass is 10.0. The third-order valence-electron chi connectivity index (χ3n) is 4.38. The SMILES string of the molecule is CC[C@@]1(C)CN(C(=O)N[C@@H]2CCN(CC(F)(F)F)C2)CCO1. The summed E-state index contributed by atoms with van der Waals surface area (Å²) in [5, 5.41) is 2.85. The number of carbonyl (C=O) groups excluding carboxylic acids is 1. The van der Waals surface area contributed by atoms with Crippen LogP contribution >= 0.6 is 0 Å². The maximum Gasteiger partial charge on any atom is 0.401 e. The Labute approximate surface area is 128 Å². The van der Waals surface area contributed by atoms with Crippen LogP contribution in [0.2, 0.25) is 0 Å². The molecule has 0 aromatic rings. The maximum absolute atomic E-state index is 12.4. The third-order valence-corrected chi connectivity index (χ3v) is 4.38. The molecule has 2 aliphatic rings. The van der Waals surface area contributed by atoms with E-state index in [9.17, 15) is 18.0 Å². The Morgan fingerprint density at radius 2 is 2.14 bits per heavy atom. The molecule has 8 heteroatoms. The van der Waals surface area contributed by atoms with Crippen molar-refractivity contribution in [3.05, 3.63) is 0 Å². The van der Waals surface area contributed by atoms with Gasteiger partial charge in [0.1, 0.15) is 0 Å². The summed E-state index contributed by atoms with van der Waals surface area (Å²) in [6, 6.07) is -0.424. The predicted molar refractivity (Wildman–Crippen MR) is 75.7 cm³/mol. The number of rotatable bonds is 3. The number of hydrogen-bond acceptors (Lipinski definition) is 3. The number of nitrogens with one attached hydrogen (secondary N) is 1. The summed E-state index contributed by atoms with van der Waals surface area (Å²) >= 11 is 0. The van der Waals surface area contributed by atoms with Crippen molar-refractivity contribution < 1.29 is 22.7 Å². The lowest BCUT2D eigenvalue weighted by Gasteiger charge is -2.40. The molecule has 2 aliphatic heterocycles. The molecule has 0 aliphatic carbocycles. The molecule has 2 fully saturated rings. The van der Waals surface area contributed by atoms with Gasteiger partial charge < -0.3 is 15.0 Å². The minimum Gasteiger partial charge on any atom is -0.372 e. The molecule has 2 atom stereocenters. The van der Waals surface area contributed by atoms with E-state index in [4.69, 9.17) is 4.74 Å². The van der Waals surface area contributed by atoms with Gasteiger partial charge >= 0.3 is 12.2 Å². The van der Waals surface area contributed by atoms with E-state index in [1.807, 2.05) is 13.8 Å². The van der Waals surface area contributed by atoms with Gasteiger partial charge in [0.25, 0.3) is 0 Å². The van der Waals surface area contributed by atoms with Crippen molar-refractivity contribution in [1.82, 2.24) is 15.1 Å². The number of amides is 2. The first-order valence-corrected chi connectivity index (χ1v) is 7.69. The summed E-state index contributed by atoms with van der Waals surface area (Å²) in [7, 11) is 0. The number of hydrogen-bond donors (Lipinski definition) is 1. The number of halogens is 3. The molecule has 0 aromatic heterocycles. The monoisotopic (exact) mass is 323 g/mol. The highest BCUT2D eigenvalue weighted by Gasteiger charge is 2.36. The molecule has 0 bridgehead atoms. The number of alkyl halides is 3. The smallest absolute Gasteiger partial charge is 0.372 e. The quantitative estimate of drug-likeness (QED) is 0.862. The normalized spacial score (nSPS) is 30.6. The Kier molecular flexibility index (Phi) is 5.21. The molecule has 0 radical (unpaired) electrons. The zero-order chi connectivity index (χ0) is 16.4. The van der Waals surface area contributed by atoms with Gasteiger partial charge in [0.05, 0.1) is 25.3 Å². The fourth-order valence-electron chi connectivity index (χ4n) is 2.93. The van der Waals surface area contributed by atoms with Crippen LogP contribution in [0.5, 0.6) is 0 Å². The number of morpholine rings is 1. The number of nitrogens with zero attached hydrogens (tertiary/aromatic N) is 2. The van der Waals surface area contributed by atoms with Crippen molar-refractivity contribution in [3.8, 4) is 0 Å². The van der Waals surface area contributed by atoms with Crippen LogP contribution in [0, 0.1) is 0 Å². The lowest BCUT2D eigenvalue weighted by molar-refractivity contribution is -0.143. The van der Waals surface area contributed by atoms with E-state index in [-0.39, 0.29) is 24.2 Å².